The number of aromatic nitrogens is 4. The molecule has 0 saturated carbocycles. The molecule has 1 aromatic carbocycles. The number of hydrogen-bond acceptors (Lipinski definition) is 3. The Morgan fingerprint density at radius 3 is 2.90 bits per heavy atom. The van der Waals surface area contributed by atoms with E-state index in [1.54, 1.807) is 12.3 Å². The molecule has 0 aliphatic rings. The first-order chi connectivity index (χ1) is 9.69. The Kier molecular flexibility index (Phi) is 3.84. The molecule has 0 aliphatic heterocycles. The van der Waals surface area contributed by atoms with Crippen molar-refractivity contribution in [3.8, 4) is 0 Å². The second-order valence-electron chi connectivity index (χ2n) is 4.20. The van der Waals surface area contributed by atoms with Gasteiger partial charge in [-0.05, 0) is 34.7 Å². The molecule has 0 atom stereocenters. The Labute approximate surface area is 133 Å². The van der Waals surface area contributed by atoms with Gasteiger partial charge in [0.2, 0.25) is 0 Å². The fraction of sp³-hybridized carbons (Fsp3) is 0.154. The largest absolute Gasteiger partial charge is 0.321 e. The minimum atomic E-state index is -0.261. The molecule has 0 radical (unpaired) electrons. The molecule has 102 valence electrons. The van der Waals surface area contributed by atoms with Crippen LogP contribution in [0.2, 0.25) is 0 Å². The maximum Gasteiger partial charge on any atom is 0.138 e. The van der Waals surface area contributed by atoms with Crippen molar-refractivity contribution in [2.45, 2.75) is 12.4 Å². The number of alkyl halides is 1. The predicted octanol–water partition coefficient (Wildman–Crippen LogP) is 3.36. The van der Waals surface area contributed by atoms with E-state index >= 15 is 0 Å². The van der Waals surface area contributed by atoms with Crippen molar-refractivity contribution in [2.24, 2.45) is 0 Å². The lowest BCUT2D eigenvalue weighted by Gasteiger charge is -2.07. The van der Waals surface area contributed by atoms with Crippen LogP contribution in [0, 0.1) is 9.39 Å². The summed E-state index contributed by atoms with van der Waals surface area (Å²) in [7, 11) is 0. The van der Waals surface area contributed by atoms with E-state index in [1.165, 1.54) is 12.4 Å². The van der Waals surface area contributed by atoms with Gasteiger partial charge >= 0.3 is 0 Å². The SMILES string of the molecule is Fc1cc2c(cc1I)nc(CCl)n2Cc1ccncn1. The first-order valence-electron chi connectivity index (χ1n) is 5.84. The Bertz CT molecular complexity index is 760. The number of fused-ring (bicyclic) bond motifs is 1. The van der Waals surface area contributed by atoms with E-state index in [0.29, 0.717) is 15.9 Å². The molecule has 7 heteroatoms. The zero-order chi connectivity index (χ0) is 14.1. The van der Waals surface area contributed by atoms with Gasteiger partial charge in [-0.25, -0.2) is 19.3 Å². The van der Waals surface area contributed by atoms with Crippen LogP contribution in [0.1, 0.15) is 11.5 Å². The van der Waals surface area contributed by atoms with Crippen LogP contribution in [0.3, 0.4) is 0 Å². The van der Waals surface area contributed by atoms with Crippen molar-refractivity contribution in [2.75, 3.05) is 0 Å². The lowest BCUT2D eigenvalue weighted by atomic mass is 10.3. The monoisotopic (exact) mass is 402 g/mol. The van der Waals surface area contributed by atoms with Gasteiger partial charge in [0.25, 0.3) is 0 Å². The van der Waals surface area contributed by atoms with Crippen LogP contribution < -0.4 is 0 Å². The van der Waals surface area contributed by atoms with Gasteiger partial charge in [0.05, 0.1) is 32.7 Å². The van der Waals surface area contributed by atoms with Crippen LogP contribution in [0.5, 0.6) is 0 Å². The van der Waals surface area contributed by atoms with E-state index in [1.807, 2.05) is 33.2 Å². The molecule has 0 aliphatic carbocycles. The summed E-state index contributed by atoms with van der Waals surface area (Å²) < 4.78 is 16.2. The van der Waals surface area contributed by atoms with Crippen molar-refractivity contribution in [1.82, 2.24) is 19.5 Å². The third-order valence-corrected chi connectivity index (χ3v) is 4.02. The summed E-state index contributed by atoms with van der Waals surface area (Å²) in [5.41, 5.74) is 2.28. The van der Waals surface area contributed by atoms with Crippen LogP contribution in [-0.4, -0.2) is 19.5 Å². The van der Waals surface area contributed by atoms with E-state index in [2.05, 4.69) is 15.0 Å². The minimum absolute atomic E-state index is 0.261. The third-order valence-electron chi connectivity index (χ3n) is 2.95. The van der Waals surface area contributed by atoms with Crippen molar-refractivity contribution in [3.63, 3.8) is 0 Å². The second kappa shape index (κ2) is 5.61. The van der Waals surface area contributed by atoms with Crippen LogP contribution in [0.25, 0.3) is 11.0 Å². The molecular formula is C13H9ClFIN4. The maximum absolute atomic E-state index is 13.8. The van der Waals surface area contributed by atoms with Gasteiger partial charge in [-0.2, -0.15) is 0 Å². The summed E-state index contributed by atoms with van der Waals surface area (Å²) in [4.78, 5) is 12.5. The van der Waals surface area contributed by atoms with Gasteiger partial charge in [-0.3, -0.25) is 0 Å². The fourth-order valence-electron chi connectivity index (χ4n) is 2.02. The molecule has 2 heterocycles. The van der Waals surface area contributed by atoms with Gasteiger partial charge in [0.15, 0.2) is 0 Å². The molecule has 3 rings (SSSR count). The molecule has 4 nitrogen and oxygen atoms in total. The Hall–Kier alpha value is -1.28. The quantitative estimate of drug-likeness (QED) is 0.498. The van der Waals surface area contributed by atoms with Gasteiger partial charge in [-0.1, -0.05) is 0 Å². The maximum atomic E-state index is 13.8. The zero-order valence-corrected chi connectivity index (χ0v) is 13.1. The average Bonchev–Trinajstić information content (AvgIpc) is 2.78. The van der Waals surface area contributed by atoms with Gasteiger partial charge in [0, 0.05) is 12.3 Å². The summed E-state index contributed by atoms with van der Waals surface area (Å²) in [5.74, 6) is 0.697. The van der Waals surface area contributed by atoms with Crippen molar-refractivity contribution < 1.29 is 4.39 Å². The molecule has 0 saturated heterocycles. The lowest BCUT2D eigenvalue weighted by molar-refractivity contribution is 0.620. The average molecular weight is 403 g/mol. The number of nitrogens with zero attached hydrogens (tertiary/aromatic N) is 4. The highest BCUT2D eigenvalue weighted by atomic mass is 127. The highest BCUT2D eigenvalue weighted by molar-refractivity contribution is 14.1. The van der Waals surface area contributed by atoms with E-state index in [0.717, 1.165) is 16.7 Å². The summed E-state index contributed by atoms with van der Waals surface area (Å²) >= 11 is 7.89. The molecule has 0 spiro atoms. The van der Waals surface area contributed by atoms with Crippen LogP contribution >= 0.6 is 34.2 Å². The van der Waals surface area contributed by atoms with Crippen LogP contribution in [0.4, 0.5) is 4.39 Å². The topological polar surface area (TPSA) is 43.6 Å². The van der Waals surface area contributed by atoms with Crippen molar-refractivity contribution in [1.29, 1.82) is 0 Å². The number of hydrogen-bond donors (Lipinski definition) is 0. The fourth-order valence-corrected chi connectivity index (χ4v) is 2.68. The Balaban J connectivity index is 2.15. The lowest BCUT2D eigenvalue weighted by Crippen LogP contribution is -2.05. The first kappa shape index (κ1) is 13.7. The summed E-state index contributed by atoms with van der Waals surface area (Å²) in [5, 5.41) is 0. The molecule has 0 fully saturated rings. The Morgan fingerprint density at radius 2 is 2.20 bits per heavy atom. The number of rotatable bonds is 3. The summed E-state index contributed by atoms with van der Waals surface area (Å²) in [6.45, 7) is 0.487. The number of imidazole rings is 1. The zero-order valence-electron chi connectivity index (χ0n) is 10.2. The molecule has 0 unspecified atom stereocenters. The standard InChI is InChI=1S/C13H9ClFIN4/c14-5-13-19-11-4-10(16)9(15)3-12(11)20(13)6-8-1-2-17-7-18-8/h1-4,7H,5-6H2. The third kappa shape index (κ3) is 2.49. The number of halogens is 3. The molecular weight excluding hydrogens is 394 g/mol. The molecule has 2 aromatic heterocycles. The van der Waals surface area contributed by atoms with E-state index in [-0.39, 0.29) is 11.7 Å². The smallest absolute Gasteiger partial charge is 0.138 e. The van der Waals surface area contributed by atoms with Crippen LogP contribution in [0.15, 0.2) is 30.7 Å². The highest BCUT2D eigenvalue weighted by Crippen LogP contribution is 2.23. The summed E-state index contributed by atoms with van der Waals surface area (Å²) in [6, 6.07) is 5.02. The molecule has 0 N–H and O–H groups in total. The minimum Gasteiger partial charge on any atom is -0.321 e. The van der Waals surface area contributed by atoms with Gasteiger partial charge in [-0.15, -0.1) is 11.6 Å². The summed E-state index contributed by atoms with van der Waals surface area (Å²) in [6.07, 6.45) is 3.16. The van der Waals surface area contributed by atoms with Gasteiger partial charge in [0.1, 0.15) is 18.0 Å². The van der Waals surface area contributed by atoms with Crippen LogP contribution in [-0.2, 0) is 12.4 Å². The highest BCUT2D eigenvalue weighted by Gasteiger charge is 2.13. The Morgan fingerprint density at radius 1 is 1.35 bits per heavy atom. The normalized spacial score (nSPS) is 11.2. The molecule has 3 aromatic rings. The van der Waals surface area contributed by atoms with Crippen molar-refractivity contribution in [3.05, 3.63) is 51.6 Å². The molecule has 0 bridgehead atoms. The molecule has 0 amide bonds. The predicted molar refractivity (Wildman–Crippen MR) is 83.1 cm³/mol. The van der Waals surface area contributed by atoms with Gasteiger partial charge < -0.3 is 4.57 Å². The molecule has 20 heavy (non-hydrogen) atoms. The van der Waals surface area contributed by atoms with Crippen molar-refractivity contribution >= 4 is 45.2 Å². The number of benzene rings is 1. The van der Waals surface area contributed by atoms with E-state index < -0.39 is 0 Å². The second-order valence-corrected chi connectivity index (χ2v) is 5.63. The van der Waals surface area contributed by atoms with E-state index in [9.17, 15) is 4.39 Å². The van der Waals surface area contributed by atoms with E-state index in [4.69, 9.17) is 11.6 Å². The first-order valence-corrected chi connectivity index (χ1v) is 7.45.